The highest BCUT2D eigenvalue weighted by Gasteiger charge is 1.99. The van der Waals surface area contributed by atoms with Gasteiger partial charge in [0.25, 0.3) is 0 Å². The molecule has 0 aliphatic rings. The number of nitrogens with one attached hydrogen (secondary N) is 1. The molecule has 0 saturated carbocycles. The second-order valence-corrected chi connectivity index (χ2v) is 3.39. The number of aromatic amines is 1. The molecule has 1 heterocycles. The van der Waals surface area contributed by atoms with Crippen molar-refractivity contribution >= 4 is 23.5 Å². The first-order chi connectivity index (χ1) is 6.33. The molecule has 2 aromatic rings. The quantitative estimate of drug-likeness (QED) is 0.626. The van der Waals surface area contributed by atoms with Crippen molar-refractivity contribution in [3.63, 3.8) is 0 Å². The maximum Gasteiger partial charge on any atom is 0.0459 e. The largest absolute Gasteiger partial charge is 0.358 e. The van der Waals surface area contributed by atoms with Crippen LogP contribution < -0.4 is 5.73 Å². The molecular weight excluding hydrogens is 180 g/mol. The predicted octanol–water partition coefficient (Wildman–Crippen LogP) is 2.06. The molecule has 68 valence electrons. The van der Waals surface area contributed by atoms with E-state index in [0.29, 0.717) is 6.54 Å². The van der Waals surface area contributed by atoms with Gasteiger partial charge in [-0.15, -0.1) is 0 Å². The molecule has 0 spiro atoms. The molecule has 13 heavy (non-hydrogen) atoms. The van der Waals surface area contributed by atoms with Crippen LogP contribution >= 0.6 is 12.6 Å². The topological polar surface area (TPSA) is 41.8 Å². The van der Waals surface area contributed by atoms with Crippen LogP contribution in [0.15, 0.2) is 24.3 Å². The molecule has 0 fully saturated rings. The maximum atomic E-state index is 5.55. The third-order valence-corrected chi connectivity index (χ3v) is 2.49. The summed E-state index contributed by atoms with van der Waals surface area (Å²) in [6, 6.07) is 8.34. The van der Waals surface area contributed by atoms with Crippen LogP contribution in [0.2, 0.25) is 0 Å². The van der Waals surface area contributed by atoms with Crippen LogP contribution in [0.25, 0.3) is 10.9 Å². The van der Waals surface area contributed by atoms with Crippen LogP contribution in [0, 0.1) is 0 Å². The van der Waals surface area contributed by atoms with Crippen LogP contribution in [-0.4, -0.2) is 4.98 Å². The van der Waals surface area contributed by atoms with Crippen LogP contribution in [0.3, 0.4) is 0 Å². The summed E-state index contributed by atoms with van der Waals surface area (Å²) in [6.45, 7) is 0.588. The molecule has 3 heteroatoms. The summed E-state index contributed by atoms with van der Waals surface area (Å²) < 4.78 is 0. The molecule has 0 amide bonds. The molecule has 0 saturated heterocycles. The van der Waals surface area contributed by atoms with Crippen LogP contribution in [-0.2, 0) is 12.3 Å². The van der Waals surface area contributed by atoms with E-state index in [9.17, 15) is 0 Å². The van der Waals surface area contributed by atoms with Crippen molar-refractivity contribution in [2.75, 3.05) is 0 Å². The van der Waals surface area contributed by atoms with Gasteiger partial charge >= 0.3 is 0 Å². The molecule has 2 nitrogen and oxygen atoms in total. The van der Waals surface area contributed by atoms with E-state index in [4.69, 9.17) is 5.73 Å². The lowest BCUT2D eigenvalue weighted by molar-refractivity contribution is 1.07. The van der Waals surface area contributed by atoms with Gasteiger partial charge in [-0.1, -0.05) is 12.1 Å². The number of nitrogens with two attached hydrogens (primary N) is 1. The van der Waals surface area contributed by atoms with Crippen molar-refractivity contribution in [1.29, 1.82) is 0 Å². The summed E-state index contributed by atoms with van der Waals surface area (Å²) in [7, 11) is 0. The fourth-order valence-electron chi connectivity index (χ4n) is 1.45. The van der Waals surface area contributed by atoms with Crippen LogP contribution in [0.5, 0.6) is 0 Å². The molecule has 0 radical (unpaired) electrons. The first-order valence-corrected chi connectivity index (χ1v) is 4.88. The van der Waals surface area contributed by atoms with Crippen molar-refractivity contribution in [2.45, 2.75) is 12.3 Å². The van der Waals surface area contributed by atoms with E-state index in [0.717, 1.165) is 22.5 Å². The Balaban J connectivity index is 2.57. The standard InChI is InChI=1S/C10H12N2S/c11-5-7-1-2-8-4-9(6-13)12-10(8)3-7/h1-4,12-13H,5-6,11H2. The van der Waals surface area contributed by atoms with Crippen LogP contribution in [0.4, 0.5) is 0 Å². The van der Waals surface area contributed by atoms with E-state index in [-0.39, 0.29) is 0 Å². The number of aromatic nitrogens is 1. The summed E-state index contributed by atoms with van der Waals surface area (Å²) in [5, 5.41) is 1.22. The minimum absolute atomic E-state index is 0.588. The first kappa shape index (κ1) is 8.66. The van der Waals surface area contributed by atoms with Gasteiger partial charge in [-0.3, -0.25) is 0 Å². The Bertz CT molecular complexity index is 418. The Kier molecular flexibility index (Phi) is 2.29. The Morgan fingerprint density at radius 2 is 2.15 bits per heavy atom. The second kappa shape index (κ2) is 3.44. The Labute approximate surface area is 82.5 Å². The third kappa shape index (κ3) is 1.57. The van der Waals surface area contributed by atoms with E-state index >= 15 is 0 Å². The van der Waals surface area contributed by atoms with Gasteiger partial charge in [0.05, 0.1) is 0 Å². The van der Waals surface area contributed by atoms with Crippen molar-refractivity contribution in [3.05, 3.63) is 35.5 Å². The average molecular weight is 192 g/mol. The summed E-state index contributed by atoms with van der Waals surface area (Å²) in [4.78, 5) is 3.29. The molecule has 3 N–H and O–H groups in total. The summed E-state index contributed by atoms with van der Waals surface area (Å²) in [6.07, 6.45) is 0. The van der Waals surface area contributed by atoms with Gasteiger partial charge in [0, 0.05) is 23.5 Å². The zero-order valence-electron chi connectivity index (χ0n) is 7.25. The lowest BCUT2D eigenvalue weighted by Gasteiger charge is -1.95. The van der Waals surface area contributed by atoms with Gasteiger partial charge < -0.3 is 10.7 Å². The Hall–Kier alpha value is -0.930. The number of thiol groups is 1. The van der Waals surface area contributed by atoms with Gasteiger partial charge in [0.1, 0.15) is 0 Å². The monoisotopic (exact) mass is 192 g/mol. The number of rotatable bonds is 2. The Morgan fingerprint density at radius 3 is 2.85 bits per heavy atom. The zero-order valence-corrected chi connectivity index (χ0v) is 8.14. The number of hydrogen-bond acceptors (Lipinski definition) is 2. The van der Waals surface area contributed by atoms with Crippen molar-refractivity contribution < 1.29 is 0 Å². The van der Waals surface area contributed by atoms with Gasteiger partial charge in [0.2, 0.25) is 0 Å². The highest BCUT2D eigenvalue weighted by atomic mass is 32.1. The lowest BCUT2D eigenvalue weighted by Crippen LogP contribution is -1.94. The van der Waals surface area contributed by atoms with Crippen LogP contribution in [0.1, 0.15) is 11.3 Å². The number of fused-ring (bicyclic) bond motifs is 1. The second-order valence-electron chi connectivity index (χ2n) is 3.08. The first-order valence-electron chi connectivity index (χ1n) is 4.25. The number of hydrogen-bond donors (Lipinski definition) is 3. The van der Waals surface area contributed by atoms with Gasteiger partial charge in [-0.25, -0.2) is 0 Å². The smallest absolute Gasteiger partial charge is 0.0459 e. The minimum Gasteiger partial charge on any atom is -0.358 e. The number of H-pyrrole nitrogens is 1. The molecule has 2 rings (SSSR count). The predicted molar refractivity (Wildman–Crippen MR) is 58.9 cm³/mol. The van der Waals surface area contributed by atoms with Gasteiger partial charge in [0.15, 0.2) is 0 Å². The third-order valence-electron chi connectivity index (χ3n) is 2.15. The number of benzene rings is 1. The minimum atomic E-state index is 0.588. The van der Waals surface area contributed by atoms with E-state index in [1.54, 1.807) is 0 Å². The fourth-order valence-corrected chi connectivity index (χ4v) is 1.62. The van der Waals surface area contributed by atoms with E-state index in [1.165, 1.54) is 5.39 Å². The highest BCUT2D eigenvalue weighted by molar-refractivity contribution is 7.79. The van der Waals surface area contributed by atoms with Gasteiger partial charge in [-0.2, -0.15) is 12.6 Å². The molecular formula is C10H12N2S. The molecule has 1 aromatic heterocycles. The molecule has 0 bridgehead atoms. The van der Waals surface area contributed by atoms with E-state index in [1.807, 2.05) is 0 Å². The lowest BCUT2D eigenvalue weighted by atomic mass is 10.2. The van der Waals surface area contributed by atoms with Crippen molar-refractivity contribution in [2.24, 2.45) is 5.73 Å². The van der Waals surface area contributed by atoms with E-state index in [2.05, 4.69) is 41.9 Å². The normalized spacial score (nSPS) is 10.9. The summed E-state index contributed by atoms with van der Waals surface area (Å²) in [5.74, 6) is 0.743. The molecule has 0 aliphatic heterocycles. The van der Waals surface area contributed by atoms with Gasteiger partial charge in [-0.05, 0) is 23.1 Å². The fraction of sp³-hybridized carbons (Fsp3) is 0.200. The summed E-state index contributed by atoms with van der Waals surface area (Å²) in [5.41, 5.74) is 9.00. The SMILES string of the molecule is NCc1ccc2cc(CS)[nH]c2c1. The van der Waals surface area contributed by atoms with Crippen molar-refractivity contribution in [3.8, 4) is 0 Å². The zero-order chi connectivity index (χ0) is 9.26. The molecule has 1 aromatic carbocycles. The summed E-state index contributed by atoms with van der Waals surface area (Å²) >= 11 is 4.21. The maximum absolute atomic E-state index is 5.55. The molecule has 0 aliphatic carbocycles. The molecule has 0 atom stereocenters. The Morgan fingerprint density at radius 1 is 1.31 bits per heavy atom. The van der Waals surface area contributed by atoms with E-state index < -0.39 is 0 Å². The average Bonchev–Trinajstić information content (AvgIpc) is 2.58. The van der Waals surface area contributed by atoms with Crippen molar-refractivity contribution in [1.82, 2.24) is 4.98 Å². The highest BCUT2D eigenvalue weighted by Crippen LogP contribution is 2.17. The molecule has 0 unspecified atom stereocenters.